The van der Waals surface area contributed by atoms with E-state index >= 15 is 0 Å². The Bertz CT molecular complexity index is 519. The Labute approximate surface area is 159 Å². The third-order valence-electron chi connectivity index (χ3n) is 4.66. The van der Waals surface area contributed by atoms with Gasteiger partial charge in [-0.3, -0.25) is 9.89 Å². The quantitative estimate of drug-likeness (QED) is 0.336. The normalized spacial score (nSPS) is 22.5. The summed E-state index contributed by atoms with van der Waals surface area (Å²) in [6, 6.07) is 0. The zero-order valence-electron chi connectivity index (χ0n) is 15.0. The summed E-state index contributed by atoms with van der Waals surface area (Å²) >= 11 is 3.55. The van der Waals surface area contributed by atoms with Gasteiger partial charge in [0.1, 0.15) is 4.34 Å². The number of hydrogen-bond acceptors (Lipinski definition) is 6. The van der Waals surface area contributed by atoms with E-state index in [0.29, 0.717) is 0 Å². The lowest BCUT2D eigenvalue weighted by Crippen LogP contribution is -2.42. The molecule has 3 rings (SSSR count). The second-order valence-corrected chi connectivity index (χ2v) is 8.72. The van der Waals surface area contributed by atoms with Gasteiger partial charge in [0.2, 0.25) is 0 Å². The molecule has 2 fully saturated rings. The SMILES string of the molecule is CN=C(NCCCSc1nccs1)N1CCC(CN2CCOCC2)C1. The molecule has 0 saturated carbocycles. The molecule has 0 bridgehead atoms. The maximum Gasteiger partial charge on any atom is 0.193 e. The maximum absolute atomic E-state index is 5.44. The first-order valence-electron chi connectivity index (χ1n) is 9.13. The number of hydrogen-bond donors (Lipinski definition) is 1. The largest absolute Gasteiger partial charge is 0.379 e. The van der Waals surface area contributed by atoms with E-state index in [-0.39, 0.29) is 0 Å². The minimum absolute atomic E-state index is 0.747. The number of rotatable bonds is 7. The van der Waals surface area contributed by atoms with Crippen LogP contribution >= 0.6 is 23.1 Å². The van der Waals surface area contributed by atoms with Crippen LogP contribution in [-0.4, -0.2) is 86.0 Å². The number of morpholine rings is 1. The highest BCUT2D eigenvalue weighted by Gasteiger charge is 2.26. The number of aromatic nitrogens is 1. The maximum atomic E-state index is 5.44. The standard InChI is InChI=1S/C17H29N5OS2/c1-18-16(19-4-2-11-24-17-20-5-12-25-17)22-6-3-15(14-22)13-21-7-9-23-10-8-21/h5,12,15H,2-4,6-11,13-14H2,1H3,(H,18,19). The number of aliphatic imine (C=N–C) groups is 1. The molecule has 1 atom stereocenters. The number of nitrogens with zero attached hydrogens (tertiary/aromatic N) is 4. The summed E-state index contributed by atoms with van der Waals surface area (Å²) in [5, 5.41) is 5.56. The van der Waals surface area contributed by atoms with Crippen LogP contribution in [0.25, 0.3) is 0 Å². The molecule has 1 aromatic rings. The van der Waals surface area contributed by atoms with Gasteiger partial charge < -0.3 is 15.0 Å². The lowest BCUT2D eigenvalue weighted by Gasteiger charge is -2.29. The number of thiazole rings is 1. The zero-order valence-corrected chi connectivity index (χ0v) is 16.7. The lowest BCUT2D eigenvalue weighted by atomic mass is 10.1. The van der Waals surface area contributed by atoms with Gasteiger partial charge in [0, 0.05) is 63.6 Å². The molecule has 6 nitrogen and oxygen atoms in total. The number of thioether (sulfide) groups is 1. The molecule has 1 aromatic heterocycles. The van der Waals surface area contributed by atoms with E-state index in [9.17, 15) is 0 Å². The Morgan fingerprint density at radius 3 is 3.08 bits per heavy atom. The molecule has 2 aliphatic heterocycles. The van der Waals surface area contributed by atoms with E-state index in [0.717, 1.165) is 74.3 Å². The first-order valence-corrected chi connectivity index (χ1v) is 11.0. The van der Waals surface area contributed by atoms with Crippen LogP contribution in [0.1, 0.15) is 12.8 Å². The van der Waals surface area contributed by atoms with Crippen LogP contribution in [0.4, 0.5) is 0 Å². The van der Waals surface area contributed by atoms with Crippen molar-refractivity contribution < 1.29 is 4.74 Å². The average Bonchev–Trinajstić information content (AvgIpc) is 3.31. The van der Waals surface area contributed by atoms with E-state index in [1.165, 1.54) is 13.0 Å². The van der Waals surface area contributed by atoms with Gasteiger partial charge in [-0.1, -0.05) is 11.8 Å². The Balaban J connectivity index is 1.32. The molecule has 1 N–H and O–H groups in total. The second kappa shape index (κ2) is 10.4. The van der Waals surface area contributed by atoms with Crippen LogP contribution in [0.5, 0.6) is 0 Å². The van der Waals surface area contributed by atoms with E-state index in [4.69, 9.17) is 4.74 Å². The van der Waals surface area contributed by atoms with Gasteiger partial charge in [-0.2, -0.15) is 0 Å². The molecule has 0 aliphatic carbocycles. The molecule has 0 radical (unpaired) electrons. The molecule has 8 heteroatoms. The van der Waals surface area contributed by atoms with Crippen molar-refractivity contribution in [2.45, 2.75) is 17.2 Å². The molecule has 25 heavy (non-hydrogen) atoms. The first-order chi connectivity index (χ1) is 12.3. The summed E-state index contributed by atoms with van der Waals surface area (Å²) in [7, 11) is 1.89. The molecule has 140 valence electrons. The number of nitrogens with one attached hydrogen (secondary N) is 1. The van der Waals surface area contributed by atoms with Gasteiger partial charge in [0.25, 0.3) is 0 Å². The van der Waals surface area contributed by atoms with Gasteiger partial charge in [-0.15, -0.1) is 11.3 Å². The third kappa shape index (κ3) is 6.13. The smallest absolute Gasteiger partial charge is 0.193 e. The third-order valence-corrected chi connectivity index (χ3v) is 6.71. The van der Waals surface area contributed by atoms with Crippen molar-refractivity contribution in [2.24, 2.45) is 10.9 Å². The Kier molecular flexibility index (Phi) is 7.84. The van der Waals surface area contributed by atoms with Crippen molar-refractivity contribution in [1.82, 2.24) is 20.1 Å². The number of likely N-dealkylation sites (tertiary alicyclic amines) is 1. The van der Waals surface area contributed by atoms with Gasteiger partial charge in [-0.25, -0.2) is 4.98 Å². The summed E-state index contributed by atoms with van der Waals surface area (Å²) in [5.74, 6) is 2.90. The van der Waals surface area contributed by atoms with Crippen molar-refractivity contribution in [2.75, 3.05) is 65.3 Å². The van der Waals surface area contributed by atoms with E-state index in [1.54, 1.807) is 11.3 Å². The van der Waals surface area contributed by atoms with E-state index < -0.39 is 0 Å². The fourth-order valence-corrected chi connectivity index (χ4v) is 5.02. The highest BCUT2D eigenvalue weighted by atomic mass is 32.2. The van der Waals surface area contributed by atoms with Crippen molar-refractivity contribution in [3.8, 4) is 0 Å². The van der Waals surface area contributed by atoms with Gasteiger partial charge in [-0.05, 0) is 18.8 Å². The van der Waals surface area contributed by atoms with Crippen LogP contribution in [0.15, 0.2) is 20.9 Å². The molecule has 1 unspecified atom stereocenters. The Hall–Kier alpha value is -0.830. The second-order valence-electron chi connectivity index (χ2n) is 6.49. The lowest BCUT2D eigenvalue weighted by molar-refractivity contribution is 0.0315. The molecule has 3 heterocycles. The summed E-state index contributed by atoms with van der Waals surface area (Å²) in [4.78, 5) is 13.7. The summed E-state index contributed by atoms with van der Waals surface area (Å²) in [6.45, 7) is 8.34. The molecule has 0 spiro atoms. The fraction of sp³-hybridized carbons (Fsp3) is 0.765. The minimum Gasteiger partial charge on any atom is -0.379 e. The summed E-state index contributed by atoms with van der Waals surface area (Å²) in [5.41, 5.74) is 0. The summed E-state index contributed by atoms with van der Waals surface area (Å²) < 4.78 is 6.60. The first kappa shape index (κ1) is 18.9. The van der Waals surface area contributed by atoms with Gasteiger partial charge in [0.15, 0.2) is 5.96 Å². The highest BCUT2D eigenvalue weighted by molar-refractivity contribution is 8.00. The predicted octanol–water partition coefficient (Wildman–Crippen LogP) is 1.85. The monoisotopic (exact) mass is 383 g/mol. The van der Waals surface area contributed by atoms with Crippen LogP contribution < -0.4 is 5.32 Å². The average molecular weight is 384 g/mol. The molecular weight excluding hydrogens is 354 g/mol. The van der Waals surface area contributed by atoms with Crippen molar-refractivity contribution in [3.63, 3.8) is 0 Å². The fourth-order valence-electron chi connectivity index (χ4n) is 3.37. The van der Waals surface area contributed by atoms with Crippen LogP contribution in [0.3, 0.4) is 0 Å². The van der Waals surface area contributed by atoms with Crippen molar-refractivity contribution in [1.29, 1.82) is 0 Å². The van der Waals surface area contributed by atoms with Gasteiger partial charge in [0.05, 0.1) is 13.2 Å². The van der Waals surface area contributed by atoms with Crippen molar-refractivity contribution >= 4 is 29.1 Å². The van der Waals surface area contributed by atoms with Crippen LogP contribution in [0.2, 0.25) is 0 Å². The zero-order chi connectivity index (χ0) is 17.3. The van der Waals surface area contributed by atoms with E-state index in [1.807, 2.05) is 30.4 Å². The van der Waals surface area contributed by atoms with Gasteiger partial charge >= 0.3 is 0 Å². The Morgan fingerprint density at radius 1 is 1.44 bits per heavy atom. The van der Waals surface area contributed by atoms with E-state index in [2.05, 4.69) is 25.1 Å². The molecule has 0 aromatic carbocycles. The minimum atomic E-state index is 0.747. The molecule has 2 aliphatic rings. The summed E-state index contributed by atoms with van der Waals surface area (Å²) in [6.07, 6.45) is 4.25. The van der Waals surface area contributed by atoms with Crippen LogP contribution in [-0.2, 0) is 4.74 Å². The Morgan fingerprint density at radius 2 is 2.32 bits per heavy atom. The topological polar surface area (TPSA) is 53.0 Å². The molecule has 2 saturated heterocycles. The number of guanidine groups is 1. The molecular formula is C17H29N5OS2. The predicted molar refractivity (Wildman–Crippen MR) is 106 cm³/mol. The van der Waals surface area contributed by atoms with Crippen LogP contribution in [0, 0.1) is 5.92 Å². The number of ether oxygens (including phenoxy) is 1. The molecule has 0 amide bonds. The van der Waals surface area contributed by atoms with Crippen molar-refractivity contribution in [3.05, 3.63) is 11.6 Å². The highest BCUT2D eigenvalue weighted by Crippen LogP contribution is 2.21.